The Morgan fingerprint density at radius 3 is 2.80 bits per heavy atom. The number of hydrogen-bond acceptors (Lipinski definition) is 8. The lowest BCUT2D eigenvalue weighted by atomic mass is 10.1. The topological polar surface area (TPSA) is 102 Å². The van der Waals surface area contributed by atoms with E-state index >= 15 is 0 Å². The number of rotatable bonds is 10. The van der Waals surface area contributed by atoms with E-state index in [1.165, 1.54) is 0 Å². The molecule has 2 heterocycles. The second-order valence-electron chi connectivity index (χ2n) is 7.71. The highest BCUT2D eigenvalue weighted by molar-refractivity contribution is 5.91. The molecule has 1 amide bonds. The van der Waals surface area contributed by atoms with Gasteiger partial charge in [0.2, 0.25) is 5.91 Å². The smallest absolute Gasteiger partial charge is 0.315 e. The number of morpholine rings is 1. The molecule has 2 N–H and O–H groups in total. The van der Waals surface area contributed by atoms with Crippen molar-refractivity contribution in [3.8, 4) is 17.2 Å². The first-order valence-corrected chi connectivity index (χ1v) is 10.4. The second-order valence-corrected chi connectivity index (χ2v) is 7.71. The maximum Gasteiger partial charge on any atom is 0.315 e. The van der Waals surface area contributed by atoms with E-state index in [2.05, 4.69) is 25.7 Å². The third-order valence-corrected chi connectivity index (χ3v) is 4.77. The third-order valence-electron chi connectivity index (χ3n) is 4.77. The van der Waals surface area contributed by atoms with Gasteiger partial charge < -0.3 is 24.5 Å². The van der Waals surface area contributed by atoms with Crippen LogP contribution in [0, 0.1) is 5.92 Å². The van der Waals surface area contributed by atoms with E-state index in [1.807, 2.05) is 13.8 Å². The largest absolute Gasteiger partial charge is 0.496 e. The van der Waals surface area contributed by atoms with E-state index in [4.69, 9.17) is 13.9 Å². The molecule has 1 aliphatic rings. The van der Waals surface area contributed by atoms with Gasteiger partial charge in [-0.25, -0.2) is 0 Å². The molecule has 1 aromatic heterocycles. The lowest BCUT2D eigenvalue weighted by molar-refractivity contribution is -0.116. The van der Waals surface area contributed by atoms with Crippen LogP contribution in [0.25, 0.3) is 11.5 Å². The zero-order valence-electron chi connectivity index (χ0n) is 17.9. The van der Waals surface area contributed by atoms with Gasteiger partial charge in [-0.1, -0.05) is 18.9 Å². The van der Waals surface area contributed by atoms with Gasteiger partial charge in [-0.15, -0.1) is 5.10 Å². The van der Waals surface area contributed by atoms with Crippen molar-refractivity contribution in [2.45, 2.75) is 26.7 Å². The highest BCUT2D eigenvalue weighted by Gasteiger charge is 2.15. The Kier molecular flexibility index (Phi) is 8.04. The quantitative estimate of drug-likeness (QED) is 0.569. The fraction of sp³-hybridized carbons (Fsp3) is 0.571. The lowest BCUT2D eigenvalue weighted by Crippen LogP contribution is -2.37. The van der Waals surface area contributed by atoms with E-state index in [9.17, 15) is 4.79 Å². The second kappa shape index (κ2) is 10.9. The summed E-state index contributed by atoms with van der Waals surface area (Å²) in [5.41, 5.74) is 1.34. The summed E-state index contributed by atoms with van der Waals surface area (Å²) in [4.78, 5) is 14.4. The van der Waals surface area contributed by atoms with E-state index in [0.717, 1.165) is 45.8 Å². The predicted octanol–water partition coefficient (Wildman–Crippen LogP) is 2.86. The van der Waals surface area contributed by atoms with Gasteiger partial charge >= 0.3 is 6.01 Å². The Morgan fingerprint density at radius 1 is 1.27 bits per heavy atom. The molecule has 0 unspecified atom stereocenters. The standard InChI is InChI=1S/C21H31N5O4/c1-15(2)13-19(27)23-16-5-6-17(18(14-16)28-3)20-24-25-21(30-20)22-7-4-8-26-9-11-29-12-10-26/h5-6,14-15H,4,7-13H2,1-3H3,(H,22,25)(H,23,27). The van der Waals surface area contributed by atoms with Crippen molar-refractivity contribution in [1.29, 1.82) is 0 Å². The first-order chi connectivity index (χ1) is 14.5. The van der Waals surface area contributed by atoms with Crippen LogP contribution < -0.4 is 15.4 Å². The third kappa shape index (κ3) is 6.43. The average molecular weight is 418 g/mol. The summed E-state index contributed by atoms with van der Waals surface area (Å²) in [7, 11) is 1.57. The van der Waals surface area contributed by atoms with Crippen molar-refractivity contribution in [2.24, 2.45) is 5.92 Å². The van der Waals surface area contributed by atoms with Gasteiger partial charge in [0.05, 0.1) is 25.9 Å². The van der Waals surface area contributed by atoms with Crippen LogP contribution in [0.15, 0.2) is 22.6 Å². The van der Waals surface area contributed by atoms with Crippen LogP contribution in [0.3, 0.4) is 0 Å². The molecule has 0 bridgehead atoms. The molecular formula is C21H31N5O4. The van der Waals surface area contributed by atoms with Crippen molar-refractivity contribution < 1.29 is 18.7 Å². The summed E-state index contributed by atoms with van der Waals surface area (Å²) >= 11 is 0. The van der Waals surface area contributed by atoms with Gasteiger partial charge in [-0.3, -0.25) is 9.69 Å². The first-order valence-electron chi connectivity index (χ1n) is 10.4. The normalized spacial score (nSPS) is 14.7. The summed E-state index contributed by atoms with van der Waals surface area (Å²) in [5.74, 6) is 1.19. The fourth-order valence-corrected chi connectivity index (χ4v) is 3.25. The Morgan fingerprint density at radius 2 is 2.07 bits per heavy atom. The van der Waals surface area contributed by atoms with E-state index in [0.29, 0.717) is 41.2 Å². The number of benzene rings is 1. The molecule has 0 aliphatic carbocycles. The fourth-order valence-electron chi connectivity index (χ4n) is 3.25. The number of ether oxygens (including phenoxy) is 2. The number of hydrogen-bond donors (Lipinski definition) is 2. The summed E-state index contributed by atoms with van der Waals surface area (Å²) in [6, 6.07) is 5.74. The molecule has 9 nitrogen and oxygen atoms in total. The number of nitrogens with zero attached hydrogens (tertiary/aromatic N) is 3. The molecule has 2 aromatic rings. The SMILES string of the molecule is COc1cc(NC(=O)CC(C)C)ccc1-c1nnc(NCCCN2CCOCC2)o1. The van der Waals surface area contributed by atoms with Crippen LogP contribution >= 0.6 is 0 Å². The molecule has 3 rings (SSSR count). The molecule has 30 heavy (non-hydrogen) atoms. The number of anilines is 2. The monoisotopic (exact) mass is 417 g/mol. The van der Waals surface area contributed by atoms with Crippen LogP contribution in [-0.2, 0) is 9.53 Å². The first kappa shape index (κ1) is 22.0. The maximum atomic E-state index is 12.0. The molecule has 0 saturated carbocycles. The number of methoxy groups -OCH3 is 1. The molecule has 0 atom stereocenters. The van der Waals surface area contributed by atoms with Gasteiger partial charge in [-0.2, -0.15) is 0 Å². The summed E-state index contributed by atoms with van der Waals surface area (Å²) < 4.78 is 16.6. The molecular weight excluding hydrogens is 386 g/mol. The Bertz CT molecular complexity index is 817. The highest BCUT2D eigenvalue weighted by Crippen LogP contribution is 2.32. The van der Waals surface area contributed by atoms with Gasteiger partial charge in [0.1, 0.15) is 5.75 Å². The zero-order valence-corrected chi connectivity index (χ0v) is 17.9. The molecule has 1 saturated heterocycles. The van der Waals surface area contributed by atoms with Crippen molar-refractivity contribution >= 4 is 17.6 Å². The minimum atomic E-state index is -0.0267. The minimum Gasteiger partial charge on any atom is -0.496 e. The van der Waals surface area contributed by atoms with E-state index in [-0.39, 0.29) is 5.91 Å². The van der Waals surface area contributed by atoms with Crippen LogP contribution in [0.4, 0.5) is 11.7 Å². The summed E-state index contributed by atoms with van der Waals surface area (Å²) in [6.07, 6.45) is 1.44. The van der Waals surface area contributed by atoms with E-state index < -0.39 is 0 Å². The molecule has 0 spiro atoms. The van der Waals surface area contributed by atoms with Crippen LogP contribution in [0.1, 0.15) is 26.7 Å². The van der Waals surface area contributed by atoms with Gasteiger partial charge in [0, 0.05) is 37.8 Å². The molecule has 1 fully saturated rings. The van der Waals surface area contributed by atoms with Gasteiger partial charge in [0.15, 0.2) is 0 Å². The average Bonchev–Trinajstić information content (AvgIpc) is 3.20. The highest BCUT2D eigenvalue weighted by atomic mass is 16.5. The predicted molar refractivity (Wildman–Crippen MR) is 115 cm³/mol. The van der Waals surface area contributed by atoms with Crippen LogP contribution in [0.2, 0.25) is 0 Å². The zero-order chi connectivity index (χ0) is 21.3. The molecule has 1 aliphatic heterocycles. The molecule has 1 aromatic carbocycles. The summed E-state index contributed by atoms with van der Waals surface area (Å²) in [5, 5.41) is 14.2. The number of carbonyl (C=O) groups is 1. The number of amides is 1. The maximum absolute atomic E-state index is 12.0. The Labute approximate surface area is 177 Å². The number of carbonyl (C=O) groups excluding carboxylic acids is 1. The lowest BCUT2D eigenvalue weighted by Gasteiger charge is -2.26. The molecule has 9 heteroatoms. The van der Waals surface area contributed by atoms with Crippen LogP contribution in [0.5, 0.6) is 5.75 Å². The van der Waals surface area contributed by atoms with Crippen molar-refractivity contribution in [2.75, 3.05) is 57.1 Å². The van der Waals surface area contributed by atoms with Crippen LogP contribution in [-0.4, -0.2) is 67.5 Å². The Hall–Kier alpha value is -2.65. The molecule has 164 valence electrons. The van der Waals surface area contributed by atoms with E-state index in [1.54, 1.807) is 25.3 Å². The number of nitrogens with one attached hydrogen (secondary N) is 2. The van der Waals surface area contributed by atoms with Crippen molar-refractivity contribution in [3.05, 3.63) is 18.2 Å². The van der Waals surface area contributed by atoms with Crippen molar-refractivity contribution in [1.82, 2.24) is 15.1 Å². The Balaban J connectivity index is 1.55. The summed E-state index contributed by atoms with van der Waals surface area (Å²) in [6.45, 7) is 9.36. The van der Waals surface area contributed by atoms with Gasteiger partial charge in [-0.05, 0) is 31.0 Å². The van der Waals surface area contributed by atoms with Gasteiger partial charge in [0.25, 0.3) is 5.89 Å². The molecule has 0 radical (unpaired) electrons. The minimum absolute atomic E-state index is 0.0267. The number of aromatic nitrogens is 2. The van der Waals surface area contributed by atoms with Crippen molar-refractivity contribution in [3.63, 3.8) is 0 Å².